The summed E-state index contributed by atoms with van der Waals surface area (Å²) in [5, 5.41) is 7.96. The molecule has 0 unspecified atom stereocenters. The maximum atomic E-state index is 5.69. The molecule has 1 aromatic carbocycles. The monoisotopic (exact) mass is 419 g/mol. The summed E-state index contributed by atoms with van der Waals surface area (Å²) < 4.78 is 7.31. The van der Waals surface area contributed by atoms with Crippen LogP contribution < -0.4 is 15.8 Å². The van der Waals surface area contributed by atoms with E-state index >= 15 is 0 Å². The molecular weight excluding hydrogens is 402 g/mol. The molecule has 0 aliphatic carbocycles. The molecule has 6 nitrogen and oxygen atoms in total. The lowest BCUT2D eigenvalue weighted by Gasteiger charge is -2.08. The largest absolute Gasteiger partial charge is 0.494 e. The summed E-state index contributed by atoms with van der Waals surface area (Å²) in [4.78, 5) is 4.06. The fraction of sp³-hybridized carbons (Fsp3) is 0.385. The molecule has 0 atom stereocenters. The van der Waals surface area contributed by atoms with Crippen molar-refractivity contribution in [2.45, 2.75) is 11.8 Å². The number of halogens is 2. The topological polar surface area (TPSA) is 78.0 Å². The van der Waals surface area contributed by atoms with Gasteiger partial charge in [0.1, 0.15) is 5.75 Å². The SMILES string of the molecule is Br.Cn1nc(N)nc1NCCCOc1cccc(CBr)c1. The van der Waals surface area contributed by atoms with Crippen LogP contribution in [0.15, 0.2) is 24.3 Å². The number of nitrogens with one attached hydrogen (secondary N) is 1. The molecule has 2 aromatic rings. The first-order valence-electron chi connectivity index (χ1n) is 6.37. The minimum Gasteiger partial charge on any atom is -0.494 e. The van der Waals surface area contributed by atoms with Crippen molar-refractivity contribution in [2.24, 2.45) is 7.05 Å². The number of nitrogens with two attached hydrogens (primary N) is 1. The van der Waals surface area contributed by atoms with Crippen LogP contribution in [0.5, 0.6) is 5.75 Å². The zero-order valence-electron chi connectivity index (χ0n) is 11.8. The van der Waals surface area contributed by atoms with E-state index in [0.717, 1.165) is 24.0 Å². The molecule has 0 fully saturated rings. The molecule has 0 radical (unpaired) electrons. The molecular formula is C13H19Br2N5O. The van der Waals surface area contributed by atoms with Crippen LogP contribution in [-0.2, 0) is 12.4 Å². The first kappa shape index (κ1) is 17.8. The molecule has 116 valence electrons. The van der Waals surface area contributed by atoms with Crippen LogP contribution in [0.2, 0.25) is 0 Å². The van der Waals surface area contributed by atoms with E-state index in [2.05, 4.69) is 37.4 Å². The number of hydrogen-bond acceptors (Lipinski definition) is 5. The van der Waals surface area contributed by atoms with Crippen molar-refractivity contribution < 1.29 is 4.74 Å². The van der Waals surface area contributed by atoms with Gasteiger partial charge in [-0.2, -0.15) is 4.98 Å². The smallest absolute Gasteiger partial charge is 0.241 e. The number of anilines is 2. The highest BCUT2D eigenvalue weighted by Crippen LogP contribution is 2.15. The van der Waals surface area contributed by atoms with Crippen LogP contribution >= 0.6 is 32.9 Å². The molecule has 0 aliphatic heterocycles. The lowest BCUT2D eigenvalue weighted by atomic mass is 10.2. The standard InChI is InChI=1S/C13H18BrN5O.BrH/c1-19-13(17-12(15)18-19)16-6-3-7-20-11-5-2-4-10(8-11)9-14;/h2,4-5,8H,3,6-7,9H2,1H3,(H3,15,16,17,18);1H. The summed E-state index contributed by atoms with van der Waals surface area (Å²) in [6.45, 7) is 1.40. The number of nitrogen functional groups attached to an aromatic ring is 1. The van der Waals surface area contributed by atoms with E-state index in [-0.39, 0.29) is 22.9 Å². The molecule has 0 aliphatic rings. The third-order valence-corrected chi connectivity index (χ3v) is 3.35. The van der Waals surface area contributed by atoms with Crippen LogP contribution in [0.25, 0.3) is 0 Å². The molecule has 0 bridgehead atoms. The maximum Gasteiger partial charge on any atom is 0.241 e. The van der Waals surface area contributed by atoms with Crippen LogP contribution in [0.1, 0.15) is 12.0 Å². The van der Waals surface area contributed by atoms with Crippen molar-refractivity contribution in [2.75, 3.05) is 24.2 Å². The Balaban J connectivity index is 0.00000220. The number of alkyl halides is 1. The zero-order valence-corrected chi connectivity index (χ0v) is 15.1. The number of hydrogen-bond donors (Lipinski definition) is 2. The molecule has 0 amide bonds. The van der Waals surface area contributed by atoms with Crippen LogP contribution in [-0.4, -0.2) is 27.9 Å². The lowest BCUT2D eigenvalue weighted by Crippen LogP contribution is -2.10. The summed E-state index contributed by atoms with van der Waals surface area (Å²) in [5.74, 6) is 1.84. The minimum absolute atomic E-state index is 0. The van der Waals surface area contributed by atoms with Gasteiger partial charge in [-0.3, -0.25) is 0 Å². The van der Waals surface area contributed by atoms with Crippen molar-refractivity contribution in [3.05, 3.63) is 29.8 Å². The number of aryl methyl sites for hydroxylation is 1. The predicted octanol–water partition coefficient (Wildman–Crippen LogP) is 2.75. The molecule has 0 saturated heterocycles. The highest BCUT2D eigenvalue weighted by Gasteiger charge is 2.02. The number of nitrogens with zero attached hydrogens (tertiary/aromatic N) is 3. The fourth-order valence-electron chi connectivity index (χ4n) is 1.74. The summed E-state index contributed by atoms with van der Waals surface area (Å²) in [6, 6.07) is 8.04. The van der Waals surface area contributed by atoms with Crippen molar-refractivity contribution in [1.29, 1.82) is 0 Å². The predicted molar refractivity (Wildman–Crippen MR) is 93.4 cm³/mol. The first-order chi connectivity index (χ1) is 9.69. The Kier molecular flexibility index (Phi) is 7.52. The number of ether oxygens (including phenoxy) is 1. The zero-order chi connectivity index (χ0) is 14.4. The van der Waals surface area contributed by atoms with Gasteiger partial charge in [0, 0.05) is 18.9 Å². The van der Waals surface area contributed by atoms with Gasteiger partial charge in [-0.05, 0) is 24.1 Å². The fourth-order valence-corrected chi connectivity index (χ4v) is 2.09. The molecule has 3 N–H and O–H groups in total. The van der Waals surface area contributed by atoms with Gasteiger partial charge in [-0.1, -0.05) is 28.1 Å². The van der Waals surface area contributed by atoms with E-state index in [1.807, 2.05) is 18.2 Å². The van der Waals surface area contributed by atoms with Gasteiger partial charge in [0.05, 0.1) is 6.61 Å². The van der Waals surface area contributed by atoms with Gasteiger partial charge in [0.25, 0.3) is 0 Å². The molecule has 1 aromatic heterocycles. The highest BCUT2D eigenvalue weighted by molar-refractivity contribution is 9.08. The van der Waals surface area contributed by atoms with Crippen molar-refractivity contribution in [3.8, 4) is 5.75 Å². The normalized spacial score (nSPS) is 10.0. The Labute approximate surface area is 143 Å². The third-order valence-electron chi connectivity index (χ3n) is 2.71. The second-order valence-corrected chi connectivity index (χ2v) is 4.89. The van der Waals surface area contributed by atoms with E-state index in [1.54, 1.807) is 11.7 Å². The Morgan fingerprint density at radius 1 is 1.43 bits per heavy atom. The van der Waals surface area contributed by atoms with E-state index in [9.17, 15) is 0 Å². The van der Waals surface area contributed by atoms with Crippen molar-refractivity contribution in [1.82, 2.24) is 14.8 Å². The number of rotatable bonds is 7. The molecule has 21 heavy (non-hydrogen) atoms. The van der Waals surface area contributed by atoms with E-state index in [0.29, 0.717) is 12.6 Å². The molecule has 1 heterocycles. The second kappa shape index (κ2) is 8.89. The number of benzene rings is 1. The average molecular weight is 421 g/mol. The Morgan fingerprint density at radius 2 is 2.24 bits per heavy atom. The summed E-state index contributed by atoms with van der Waals surface area (Å²) in [7, 11) is 1.80. The second-order valence-electron chi connectivity index (χ2n) is 4.33. The lowest BCUT2D eigenvalue weighted by molar-refractivity contribution is 0.314. The van der Waals surface area contributed by atoms with Gasteiger partial charge in [0.2, 0.25) is 11.9 Å². The quantitative estimate of drug-likeness (QED) is 0.531. The van der Waals surface area contributed by atoms with Crippen LogP contribution in [0.3, 0.4) is 0 Å². The van der Waals surface area contributed by atoms with Crippen LogP contribution in [0, 0.1) is 0 Å². The van der Waals surface area contributed by atoms with Gasteiger partial charge in [-0.25, -0.2) is 4.68 Å². The van der Waals surface area contributed by atoms with E-state index < -0.39 is 0 Å². The Hall–Kier alpha value is -1.28. The van der Waals surface area contributed by atoms with Gasteiger partial charge < -0.3 is 15.8 Å². The maximum absolute atomic E-state index is 5.69. The average Bonchev–Trinajstić information content (AvgIpc) is 2.77. The van der Waals surface area contributed by atoms with E-state index in [1.165, 1.54) is 5.56 Å². The molecule has 8 heteroatoms. The molecule has 2 rings (SSSR count). The summed E-state index contributed by atoms with van der Waals surface area (Å²) in [5.41, 5.74) is 6.71. The molecule has 0 spiro atoms. The van der Waals surface area contributed by atoms with Gasteiger partial charge >= 0.3 is 0 Å². The van der Waals surface area contributed by atoms with Crippen molar-refractivity contribution >= 4 is 44.8 Å². The summed E-state index contributed by atoms with van der Waals surface area (Å²) in [6.07, 6.45) is 0.866. The number of aromatic nitrogens is 3. The molecule has 0 saturated carbocycles. The van der Waals surface area contributed by atoms with Gasteiger partial charge in [0.15, 0.2) is 0 Å². The Morgan fingerprint density at radius 3 is 2.90 bits per heavy atom. The minimum atomic E-state index is 0. The van der Waals surface area contributed by atoms with E-state index in [4.69, 9.17) is 10.5 Å². The van der Waals surface area contributed by atoms with Crippen LogP contribution in [0.4, 0.5) is 11.9 Å². The van der Waals surface area contributed by atoms with Gasteiger partial charge in [-0.15, -0.1) is 22.1 Å². The third kappa shape index (κ3) is 5.55. The summed E-state index contributed by atoms with van der Waals surface area (Å²) >= 11 is 3.43. The first-order valence-corrected chi connectivity index (χ1v) is 7.49. The highest BCUT2D eigenvalue weighted by atomic mass is 79.9. The van der Waals surface area contributed by atoms with Crippen molar-refractivity contribution in [3.63, 3.8) is 0 Å². The Bertz CT molecular complexity index is 561.